The number of rotatable bonds is 1. The van der Waals surface area contributed by atoms with Crippen molar-refractivity contribution in [1.29, 1.82) is 0 Å². The number of fused-ring (bicyclic) bond motifs is 3. The first kappa shape index (κ1) is 10.0. The van der Waals surface area contributed by atoms with E-state index in [1.807, 2.05) is 18.2 Å². The van der Waals surface area contributed by atoms with Crippen LogP contribution >= 0.6 is 0 Å². The number of benzene rings is 2. The van der Waals surface area contributed by atoms with Crippen LogP contribution in [-0.2, 0) is 4.79 Å². The molecule has 2 aromatic rings. The van der Waals surface area contributed by atoms with Gasteiger partial charge in [-0.2, -0.15) is 4.99 Å². The van der Waals surface area contributed by atoms with E-state index in [1.54, 1.807) is 6.08 Å². The maximum absolute atomic E-state index is 10.3. The van der Waals surface area contributed by atoms with Gasteiger partial charge >= 0.3 is 0 Å². The smallest absolute Gasteiger partial charge is 0.211 e. The molecule has 17 heavy (non-hydrogen) atoms. The Bertz CT molecular complexity index is 639. The largest absolute Gasteiger partial charge is 0.240 e. The van der Waals surface area contributed by atoms with Crippen molar-refractivity contribution >= 4 is 11.8 Å². The molecule has 2 nitrogen and oxygen atoms in total. The van der Waals surface area contributed by atoms with Crippen molar-refractivity contribution in [2.24, 2.45) is 4.99 Å². The molecule has 0 N–H and O–H groups in total. The summed E-state index contributed by atoms with van der Waals surface area (Å²) in [4.78, 5) is 14.0. The molecule has 1 aliphatic carbocycles. The van der Waals surface area contributed by atoms with Crippen LogP contribution in [0.3, 0.4) is 0 Å². The second-order valence-electron chi connectivity index (χ2n) is 4.28. The van der Waals surface area contributed by atoms with Crippen LogP contribution in [-0.4, -0.2) is 6.08 Å². The quantitative estimate of drug-likeness (QED) is 0.532. The van der Waals surface area contributed by atoms with Gasteiger partial charge in [-0.1, -0.05) is 37.3 Å². The Kier molecular flexibility index (Phi) is 2.17. The van der Waals surface area contributed by atoms with Crippen molar-refractivity contribution in [3.63, 3.8) is 0 Å². The van der Waals surface area contributed by atoms with Crippen LogP contribution in [0.1, 0.15) is 24.0 Å². The van der Waals surface area contributed by atoms with Gasteiger partial charge in [0.2, 0.25) is 6.08 Å². The maximum atomic E-state index is 10.3. The maximum Gasteiger partial charge on any atom is 0.240 e. The van der Waals surface area contributed by atoms with E-state index in [2.05, 4.69) is 36.2 Å². The zero-order valence-corrected chi connectivity index (χ0v) is 9.47. The molecule has 2 aromatic carbocycles. The van der Waals surface area contributed by atoms with Crippen molar-refractivity contribution in [2.45, 2.75) is 12.8 Å². The lowest BCUT2D eigenvalue weighted by Crippen LogP contribution is -1.88. The average Bonchev–Trinajstić information content (AvgIpc) is 2.65. The predicted octanol–water partition coefficient (Wildman–Crippen LogP) is 3.79. The molecule has 0 heterocycles. The Hall–Kier alpha value is -2.18. The van der Waals surface area contributed by atoms with Gasteiger partial charge in [-0.05, 0) is 34.4 Å². The fourth-order valence-electron chi connectivity index (χ4n) is 2.56. The fourth-order valence-corrected chi connectivity index (χ4v) is 2.56. The number of hydrogen-bond acceptors (Lipinski definition) is 2. The van der Waals surface area contributed by atoms with E-state index in [-0.39, 0.29) is 0 Å². The summed E-state index contributed by atoms with van der Waals surface area (Å²) in [5.41, 5.74) is 5.80. The summed E-state index contributed by atoms with van der Waals surface area (Å²) in [7, 11) is 0. The van der Waals surface area contributed by atoms with Gasteiger partial charge in [0.25, 0.3) is 0 Å². The zero-order valence-electron chi connectivity index (χ0n) is 9.47. The molecule has 0 aromatic heterocycles. The fraction of sp³-hybridized carbons (Fsp3) is 0.133. The second-order valence-corrected chi connectivity index (χ2v) is 4.28. The summed E-state index contributed by atoms with van der Waals surface area (Å²) < 4.78 is 0. The molecule has 0 saturated carbocycles. The van der Waals surface area contributed by atoms with Gasteiger partial charge in [-0.3, -0.25) is 0 Å². The predicted molar refractivity (Wildman–Crippen MR) is 67.2 cm³/mol. The Morgan fingerprint density at radius 1 is 1.06 bits per heavy atom. The number of carbonyl (C=O) groups excluding carboxylic acids is 1. The van der Waals surface area contributed by atoms with E-state index < -0.39 is 0 Å². The van der Waals surface area contributed by atoms with E-state index in [1.165, 1.54) is 22.3 Å². The molecule has 0 saturated heterocycles. The second kappa shape index (κ2) is 3.69. The standard InChI is InChI=1S/C15H11NO/c1-10-12-4-2-3-5-13(12)14-7-6-11(16-9-17)8-15(10)14/h2-8,10H,1H3. The third kappa shape index (κ3) is 1.42. The monoisotopic (exact) mass is 221 g/mol. The van der Waals surface area contributed by atoms with Crippen LogP contribution in [0.5, 0.6) is 0 Å². The van der Waals surface area contributed by atoms with Crippen LogP contribution in [0.2, 0.25) is 0 Å². The Labute approximate surface area is 99.6 Å². The molecule has 3 rings (SSSR count). The van der Waals surface area contributed by atoms with Crippen LogP contribution < -0.4 is 0 Å². The van der Waals surface area contributed by atoms with Crippen LogP contribution in [0.15, 0.2) is 47.5 Å². The lowest BCUT2D eigenvalue weighted by Gasteiger charge is -2.05. The third-order valence-corrected chi connectivity index (χ3v) is 3.39. The number of isocyanates is 1. The SMILES string of the molecule is CC1c2ccccc2-c2ccc(N=C=O)cc21. The summed E-state index contributed by atoms with van der Waals surface area (Å²) in [5.74, 6) is 0.364. The van der Waals surface area contributed by atoms with E-state index in [0.717, 1.165) is 0 Å². The van der Waals surface area contributed by atoms with Crippen molar-refractivity contribution in [1.82, 2.24) is 0 Å². The van der Waals surface area contributed by atoms with Gasteiger partial charge in [0, 0.05) is 5.92 Å². The lowest BCUT2D eigenvalue weighted by atomic mass is 9.99. The summed E-state index contributed by atoms with van der Waals surface area (Å²) in [6, 6.07) is 14.3. The van der Waals surface area contributed by atoms with Gasteiger partial charge in [-0.15, -0.1) is 0 Å². The summed E-state index contributed by atoms with van der Waals surface area (Å²) in [6.45, 7) is 2.18. The average molecular weight is 221 g/mol. The number of aliphatic imine (C=N–C) groups is 1. The van der Waals surface area contributed by atoms with Crippen LogP contribution in [0.25, 0.3) is 11.1 Å². The van der Waals surface area contributed by atoms with Gasteiger partial charge < -0.3 is 0 Å². The molecule has 82 valence electrons. The van der Waals surface area contributed by atoms with E-state index >= 15 is 0 Å². The summed E-state index contributed by atoms with van der Waals surface area (Å²) in [6.07, 6.45) is 1.59. The highest BCUT2D eigenvalue weighted by atomic mass is 16.1. The minimum absolute atomic E-state index is 0.364. The van der Waals surface area contributed by atoms with Gasteiger partial charge in [0.05, 0.1) is 5.69 Å². The van der Waals surface area contributed by atoms with E-state index in [0.29, 0.717) is 11.6 Å². The summed E-state index contributed by atoms with van der Waals surface area (Å²) >= 11 is 0. The molecule has 1 atom stereocenters. The first-order valence-electron chi connectivity index (χ1n) is 5.62. The zero-order chi connectivity index (χ0) is 11.8. The lowest BCUT2D eigenvalue weighted by molar-refractivity contribution is 0.565. The van der Waals surface area contributed by atoms with Crippen molar-refractivity contribution < 1.29 is 4.79 Å². The molecule has 2 heteroatoms. The molecule has 0 fully saturated rings. The van der Waals surface area contributed by atoms with Gasteiger partial charge in [0.1, 0.15) is 0 Å². The highest BCUT2D eigenvalue weighted by molar-refractivity contribution is 5.80. The normalized spacial score (nSPS) is 15.9. The molecule has 0 spiro atoms. The van der Waals surface area contributed by atoms with E-state index in [4.69, 9.17) is 0 Å². The number of nitrogens with zero attached hydrogens (tertiary/aromatic N) is 1. The molecular weight excluding hydrogens is 210 g/mol. The summed E-state index contributed by atoms with van der Waals surface area (Å²) in [5, 5.41) is 0. The highest BCUT2D eigenvalue weighted by Crippen LogP contribution is 2.45. The van der Waals surface area contributed by atoms with E-state index in [9.17, 15) is 4.79 Å². The van der Waals surface area contributed by atoms with Crippen molar-refractivity contribution in [2.75, 3.05) is 0 Å². The topological polar surface area (TPSA) is 29.4 Å². The third-order valence-electron chi connectivity index (χ3n) is 3.39. The number of hydrogen-bond donors (Lipinski definition) is 0. The van der Waals surface area contributed by atoms with Crippen molar-refractivity contribution in [3.05, 3.63) is 53.6 Å². The molecule has 0 radical (unpaired) electrons. The molecule has 0 aliphatic heterocycles. The minimum atomic E-state index is 0.364. The highest BCUT2D eigenvalue weighted by Gasteiger charge is 2.24. The molecule has 1 unspecified atom stereocenters. The van der Waals surface area contributed by atoms with Crippen LogP contribution in [0.4, 0.5) is 5.69 Å². The van der Waals surface area contributed by atoms with Gasteiger partial charge in [0.15, 0.2) is 0 Å². The minimum Gasteiger partial charge on any atom is -0.211 e. The molecular formula is C15H11NO. The molecule has 0 amide bonds. The molecule has 0 bridgehead atoms. The first-order valence-corrected chi connectivity index (χ1v) is 5.62. The first-order chi connectivity index (χ1) is 8.31. The van der Waals surface area contributed by atoms with Crippen molar-refractivity contribution in [3.8, 4) is 11.1 Å². The Morgan fingerprint density at radius 3 is 2.65 bits per heavy atom. The Balaban J connectivity index is 2.23. The molecule has 1 aliphatic rings. The Morgan fingerprint density at radius 2 is 1.82 bits per heavy atom. The van der Waals surface area contributed by atoms with Crippen LogP contribution in [0, 0.1) is 0 Å². The van der Waals surface area contributed by atoms with Gasteiger partial charge in [-0.25, -0.2) is 4.79 Å².